The van der Waals surface area contributed by atoms with E-state index in [9.17, 15) is 32.5 Å². The first kappa shape index (κ1) is 15.7. The van der Waals surface area contributed by atoms with E-state index in [2.05, 4.69) is 4.74 Å². The molecular weight excluding hydrogens is 290 g/mol. The van der Waals surface area contributed by atoms with Gasteiger partial charge >= 0.3 is 17.8 Å². The summed E-state index contributed by atoms with van der Waals surface area (Å²) in [6, 6.07) is 1.68. The molecule has 0 saturated heterocycles. The molecule has 1 N–H and O–H groups in total. The van der Waals surface area contributed by atoms with Crippen molar-refractivity contribution < 1.29 is 37.1 Å². The normalized spacial score (nSPS) is 12.8. The van der Waals surface area contributed by atoms with Crippen molar-refractivity contribution >= 4 is 11.7 Å². The summed E-state index contributed by atoms with van der Waals surface area (Å²) in [6.07, 6.45) is -9.35. The fraction of sp³-hybridized carbons (Fsp3) is 0.300. The smallest absolute Gasteiger partial charge is 0.426 e. The number of ether oxygens (including phenoxy) is 1. The Bertz CT molecular complexity index is 531. The molecule has 0 aliphatic rings. The van der Waals surface area contributed by atoms with Crippen LogP contribution in [0.3, 0.4) is 0 Å². The van der Waals surface area contributed by atoms with E-state index in [1.165, 1.54) is 0 Å². The highest BCUT2D eigenvalue weighted by atomic mass is 19.4. The molecule has 1 unspecified atom stereocenters. The van der Waals surface area contributed by atoms with Crippen molar-refractivity contribution in [1.82, 2.24) is 0 Å². The SMILES string of the molecule is O=C(O)CC(Oc1cc(F)ccc1[N+](=O)[O-])C(F)(F)F. The van der Waals surface area contributed by atoms with Crippen molar-refractivity contribution in [3.63, 3.8) is 0 Å². The van der Waals surface area contributed by atoms with E-state index in [0.717, 1.165) is 0 Å². The van der Waals surface area contributed by atoms with Gasteiger partial charge in [-0.3, -0.25) is 14.9 Å². The van der Waals surface area contributed by atoms with Crippen LogP contribution >= 0.6 is 0 Å². The van der Waals surface area contributed by atoms with Gasteiger partial charge in [-0.25, -0.2) is 4.39 Å². The molecular formula is C10H7F4NO5. The first-order valence-corrected chi connectivity index (χ1v) is 5.00. The Balaban J connectivity index is 3.13. The van der Waals surface area contributed by atoms with Crippen LogP contribution in [0.5, 0.6) is 5.75 Å². The molecule has 0 aliphatic carbocycles. The maximum atomic E-state index is 12.9. The zero-order valence-electron chi connectivity index (χ0n) is 9.56. The van der Waals surface area contributed by atoms with Gasteiger partial charge in [-0.1, -0.05) is 0 Å². The summed E-state index contributed by atoms with van der Waals surface area (Å²) in [7, 11) is 0. The molecule has 0 aromatic heterocycles. The second-order valence-electron chi connectivity index (χ2n) is 3.62. The van der Waals surface area contributed by atoms with Gasteiger partial charge in [-0.2, -0.15) is 13.2 Å². The number of nitro benzene ring substituents is 1. The number of carboxylic acids is 1. The number of hydrogen-bond acceptors (Lipinski definition) is 4. The fourth-order valence-corrected chi connectivity index (χ4v) is 1.27. The molecule has 0 fully saturated rings. The number of nitro groups is 1. The third-order valence-corrected chi connectivity index (χ3v) is 2.11. The van der Waals surface area contributed by atoms with Crippen LogP contribution in [0, 0.1) is 15.9 Å². The van der Waals surface area contributed by atoms with Crippen molar-refractivity contribution in [3.8, 4) is 5.75 Å². The lowest BCUT2D eigenvalue weighted by molar-refractivity contribution is -0.386. The highest BCUT2D eigenvalue weighted by molar-refractivity contribution is 5.67. The predicted octanol–water partition coefficient (Wildman–Crippen LogP) is 2.52. The quantitative estimate of drug-likeness (QED) is 0.512. The minimum atomic E-state index is -5.07. The van der Waals surface area contributed by atoms with E-state index in [1.54, 1.807) is 0 Å². The Morgan fingerprint density at radius 3 is 2.50 bits per heavy atom. The van der Waals surface area contributed by atoms with E-state index in [0.29, 0.717) is 18.2 Å². The van der Waals surface area contributed by atoms with E-state index in [4.69, 9.17) is 5.11 Å². The summed E-state index contributed by atoms with van der Waals surface area (Å²) < 4.78 is 54.8. The van der Waals surface area contributed by atoms with Crippen LogP contribution < -0.4 is 4.74 Å². The Morgan fingerprint density at radius 2 is 2.05 bits per heavy atom. The van der Waals surface area contributed by atoms with Gasteiger partial charge < -0.3 is 9.84 Å². The summed E-state index contributed by atoms with van der Waals surface area (Å²) >= 11 is 0. The summed E-state index contributed by atoms with van der Waals surface area (Å²) in [5.74, 6) is -3.85. The molecule has 0 bridgehead atoms. The van der Waals surface area contributed by atoms with Crippen LogP contribution in [0.15, 0.2) is 18.2 Å². The zero-order valence-corrected chi connectivity index (χ0v) is 9.56. The standard InChI is InChI=1S/C10H7F4NO5/c11-5-1-2-6(15(18)19)7(3-5)20-8(4-9(16)17)10(12,13)14/h1-3,8H,4H2,(H,16,17). The average molecular weight is 297 g/mol. The molecule has 0 spiro atoms. The largest absolute Gasteiger partial charge is 0.481 e. The monoisotopic (exact) mass is 297 g/mol. The van der Waals surface area contributed by atoms with Crippen molar-refractivity contribution in [2.45, 2.75) is 18.7 Å². The van der Waals surface area contributed by atoms with Gasteiger partial charge in [0.2, 0.25) is 11.9 Å². The molecule has 0 radical (unpaired) electrons. The van der Waals surface area contributed by atoms with Crippen LogP contribution in [0.4, 0.5) is 23.2 Å². The Hall–Kier alpha value is -2.39. The number of benzene rings is 1. The lowest BCUT2D eigenvalue weighted by Gasteiger charge is -2.20. The Labute approximate surface area is 108 Å². The molecule has 10 heteroatoms. The molecule has 0 saturated carbocycles. The summed E-state index contributed by atoms with van der Waals surface area (Å²) in [5.41, 5.74) is -0.897. The highest BCUT2D eigenvalue weighted by Crippen LogP contribution is 2.33. The molecule has 1 aromatic carbocycles. The third-order valence-electron chi connectivity index (χ3n) is 2.11. The van der Waals surface area contributed by atoms with Crippen LogP contribution in [-0.4, -0.2) is 28.3 Å². The Morgan fingerprint density at radius 1 is 1.45 bits per heavy atom. The molecule has 110 valence electrons. The minimum absolute atomic E-state index is 0.388. The fourth-order valence-electron chi connectivity index (χ4n) is 1.27. The van der Waals surface area contributed by atoms with Crippen LogP contribution in [-0.2, 0) is 4.79 Å². The number of carbonyl (C=O) groups is 1. The van der Waals surface area contributed by atoms with Crippen molar-refractivity contribution in [1.29, 1.82) is 0 Å². The minimum Gasteiger partial charge on any atom is -0.481 e. The Kier molecular flexibility index (Phi) is 4.48. The zero-order chi connectivity index (χ0) is 15.5. The second-order valence-corrected chi connectivity index (χ2v) is 3.62. The molecule has 0 amide bonds. The number of rotatable bonds is 5. The van der Waals surface area contributed by atoms with Crippen LogP contribution in [0.1, 0.15) is 6.42 Å². The van der Waals surface area contributed by atoms with Gasteiger partial charge in [0.25, 0.3) is 0 Å². The number of halogens is 4. The number of nitrogens with zero attached hydrogens (tertiary/aromatic N) is 1. The molecule has 1 atom stereocenters. The summed E-state index contributed by atoms with van der Waals surface area (Å²) in [6.45, 7) is 0. The number of aliphatic carboxylic acids is 1. The number of hydrogen-bond donors (Lipinski definition) is 1. The lowest BCUT2D eigenvalue weighted by Crippen LogP contribution is -2.36. The number of alkyl halides is 3. The molecule has 20 heavy (non-hydrogen) atoms. The highest BCUT2D eigenvalue weighted by Gasteiger charge is 2.44. The van der Waals surface area contributed by atoms with E-state index >= 15 is 0 Å². The topological polar surface area (TPSA) is 89.7 Å². The molecule has 1 aromatic rings. The van der Waals surface area contributed by atoms with Gasteiger partial charge in [-0.05, 0) is 6.07 Å². The van der Waals surface area contributed by atoms with E-state index in [1.807, 2.05) is 0 Å². The first-order valence-electron chi connectivity index (χ1n) is 5.00. The van der Waals surface area contributed by atoms with E-state index in [-0.39, 0.29) is 0 Å². The molecule has 1 rings (SSSR count). The molecule has 0 heterocycles. The number of carboxylic acid groups (broad SMARTS) is 1. The average Bonchev–Trinajstić information content (AvgIpc) is 2.25. The van der Waals surface area contributed by atoms with Gasteiger partial charge in [0.1, 0.15) is 5.82 Å². The van der Waals surface area contributed by atoms with Gasteiger partial charge in [0, 0.05) is 12.1 Å². The lowest BCUT2D eigenvalue weighted by atomic mass is 10.2. The van der Waals surface area contributed by atoms with Gasteiger partial charge in [0.05, 0.1) is 11.3 Å². The van der Waals surface area contributed by atoms with Gasteiger partial charge in [0.15, 0.2) is 0 Å². The third kappa shape index (κ3) is 4.07. The van der Waals surface area contributed by atoms with Crippen LogP contribution in [0.2, 0.25) is 0 Å². The summed E-state index contributed by atoms with van der Waals surface area (Å²) in [5, 5.41) is 19.0. The summed E-state index contributed by atoms with van der Waals surface area (Å²) in [4.78, 5) is 19.9. The molecule has 0 aliphatic heterocycles. The first-order chi connectivity index (χ1) is 9.11. The maximum absolute atomic E-state index is 12.9. The van der Waals surface area contributed by atoms with Crippen LogP contribution in [0.25, 0.3) is 0 Å². The van der Waals surface area contributed by atoms with Crippen molar-refractivity contribution in [2.24, 2.45) is 0 Å². The second kappa shape index (κ2) is 5.72. The molecule has 6 nitrogen and oxygen atoms in total. The van der Waals surface area contributed by atoms with Crippen molar-refractivity contribution in [3.05, 3.63) is 34.1 Å². The maximum Gasteiger partial charge on any atom is 0.426 e. The van der Waals surface area contributed by atoms with E-state index < -0.39 is 46.8 Å². The van der Waals surface area contributed by atoms with Gasteiger partial charge in [-0.15, -0.1) is 0 Å². The predicted molar refractivity (Wildman–Crippen MR) is 55.8 cm³/mol. The van der Waals surface area contributed by atoms with Crippen molar-refractivity contribution in [2.75, 3.05) is 0 Å².